The normalized spacial score (nSPS) is 35.7. The molecule has 0 aromatic carbocycles. The minimum atomic E-state index is -2.88. The maximum atomic E-state index is 16.6. The van der Waals surface area contributed by atoms with E-state index in [2.05, 4.69) is 30.0 Å². The van der Waals surface area contributed by atoms with Crippen molar-refractivity contribution < 1.29 is 66.3 Å². The molecule has 18 heteroatoms. The summed E-state index contributed by atoms with van der Waals surface area (Å²) in [6, 6.07) is -1.26. The standard InChI is InChI=1S/C44H67FN4O13/c1-15-18-46-41(54)49(19-16-2)42(55)62-44(12)32(17-3)60-39(53)33(45)35(52)28(8)37(61-40-36(59-30(10)51)31(48(13)14)20-26(6)58-40)43(11)21-25(5)34(47-29(9)50)27(7)38(44)56-22-24(4)23-57-43/h15-16,25-28,31-33,36-38,40H,1-2,4,17-23H2,3,5-14H3,(H,46,54)/t25-,26-,27+,28+,31+,32-,33?,36-,37-,38+,40+,43-,44-/m1/s1. The molecular weight excluding hydrogens is 811 g/mol. The molecule has 0 aromatic heterocycles. The van der Waals surface area contributed by atoms with Crippen molar-refractivity contribution in [3.8, 4) is 0 Å². The molecule has 3 aliphatic heterocycles. The van der Waals surface area contributed by atoms with Crippen LogP contribution in [0.4, 0.5) is 14.0 Å². The van der Waals surface area contributed by atoms with E-state index in [1.165, 1.54) is 39.8 Å². The number of likely N-dealkylation sites (N-methyl/N-ethyl adjacent to an activating group) is 1. The Morgan fingerprint density at radius 3 is 2.26 bits per heavy atom. The number of cyclic esters (lactones) is 1. The monoisotopic (exact) mass is 878 g/mol. The SMILES string of the molecule is C=CCNC(=O)N(CC=C)C(=O)O[C@]1(C)[C@@H](CC)OC(=O)C(F)C(=O)[C@H](C)[C@@H](O[C@@H]2O[C@H](C)C[C@H](N(C)C)[C@H]2OC(C)=O)[C@@]2(C)C[C@@H](C)C(=NC(C)=O)[C@H](C)[C@@H]1OCC(=C)CO2. The number of urea groups is 1. The van der Waals surface area contributed by atoms with Crippen LogP contribution < -0.4 is 5.32 Å². The van der Waals surface area contributed by atoms with E-state index in [1.807, 2.05) is 25.9 Å². The van der Waals surface area contributed by atoms with E-state index in [9.17, 15) is 28.8 Å². The molecule has 1 N–H and O–H groups in total. The fourth-order valence-corrected chi connectivity index (χ4v) is 8.66. The molecule has 1 unspecified atom stereocenters. The van der Waals surface area contributed by atoms with Crippen LogP contribution in [0, 0.1) is 17.8 Å². The number of Topliss-reactive ketones (excluding diaryl/α,β-unsaturated/α-hetero) is 1. The Kier molecular flexibility index (Phi) is 18.7. The van der Waals surface area contributed by atoms with Gasteiger partial charge < -0.3 is 43.4 Å². The Balaban J connectivity index is 2.37. The van der Waals surface area contributed by atoms with E-state index in [-0.39, 0.29) is 44.9 Å². The third kappa shape index (κ3) is 12.4. The predicted molar refractivity (Wildman–Crippen MR) is 226 cm³/mol. The second-order valence-corrected chi connectivity index (χ2v) is 17.1. The zero-order valence-corrected chi connectivity index (χ0v) is 38.1. The first-order valence-corrected chi connectivity index (χ1v) is 21.0. The lowest BCUT2D eigenvalue weighted by Gasteiger charge is -2.48. The first-order valence-electron chi connectivity index (χ1n) is 21.0. The van der Waals surface area contributed by atoms with Gasteiger partial charge in [-0.05, 0) is 65.6 Å². The molecular formula is C44H67FN4O13. The van der Waals surface area contributed by atoms with Gasteiger partial charge in [-0.15, -0.1) is 13.2 Å². The minimum absolute atomic E-state index is 0.00721. The molecule has 3 rings (SSSR count). The number of imide groups is 1. The molecule has 4 amide bonds. The number of nitrogens with zero attached hydrogens (tertiary/aromatic N) is 3. The summed E-state index contributed by atoms with van der Waals surface area (Å²) in [5.41, 5.74) is -3.02. The van der Waals surface area contributed by atoms with Crippen molar-refractivity contribution in [2.75, 3.05) is 40.4 Å². The molecule has 0 radical (unpaired) electrons. The van der Waals surface area contributed by atoms with Crippen LogP contribution in [0.3, 0.4) is 0 Å². The average Bonchev–Trinajstić information content (AvgIpc) is 3.21. The molecule has 0 aliphatic carbocycles. The smallest absolute Gasteiger partial charge is 0.419 e. The highest BCUT2D eigenvalue weighted by atomic mass is 19.1. The zero-order chi connectivity index (χ0) is 46.9. The molecule has 3 aliphatic rings. The molecule has 17 nitrogen and oxygen atoms in total. The fraction of sp³-hybridized carbons (Fsp3) is 0.705. The number of esters is 2. The van der Waals surface area contributed by atoms with Crippen LogP contribution in [0.5, 0.6) is 0 Å². The second kappa shape index (κ2) is 22.3. The van der Waals surface area contributed by atoms with Gasteiger partial charge in [-0.3, -0.25) is 14.4 Å². The lowest BCUT2D eigenvalue weighted by atomic mass is 9.74. The topological polar surface area (TPSA) is 198 Å². The van der Waals surface area contributed by atoms with Crippen LogP contribution in [-0.2, 0) is 52.3 Å². The van der Waals surface area contributed by atoms with Gasteiger partial charge in [0.2, 0.25) is 5.91 Å². The van der Waals surface area contributed by atoms with Crippen LogP contribution in [0.25, 0.3) is 0 Å². The number of hydrogen-bond acceptors (Lipinski definition) is 14. The zero-order valence-electron chi connectivity index (χ0n) is 38.1. The van der Waals surface area contributed by atoms with E-state index < -0.39 is 114 Å². The Morgan fingerprint density at radius 1 is 1.03 bits per heavy atom. The highest BCUT2D eigenvalue weighted by Crippen LogP contribution is 2.41. The van der Waals surface area contributed by atoms with Gasteiger partial charge in [0.25, 0.3) is 6.17 Å². The summed E-state index contributed by atoms with van der Waals surface area (Å²) in [4.78, 5) is 88.2. The van der Waals surface area contributed by atoms with Crippen LogP contribution in [0.1, 0.15) is 81.6 Å². The Hall–Kier alpha value is -4.36. The number of ether oxygens (including phenoxy) is 7. The van der Waals surface area contributed by atoms with Gasteiger partial charge in [-0.1, -0.05) is 46.4 Å². The Labute approximate surface area is 364 Å². The highest BCUT2D eigenvalue weighted by Gasteiger charge is 2.56. The number of halogens is 1. The van der Waals surface area contributed by atoms with Gasteiger partial charge >= 0.3 is 24.1 Å². The number of nitrogens with one attached hydrogen (secondary N) is 1. The number of carbonyl (C=O) groups excluding carboxylic acids is 6. The van der Waals surface area contributed by atoms with Crippen molar-refractivity contribution in [1.82, 2.24) is 15.1 Å². The minimum Gasteiger partial charge on any atom is -0.456 e. The third-order valence-electron chi connectivity index (χ3n) is 11.6. The summed E-state index contributed by atoms with van der Waals surface area (Å²) in [6.07, 6.45) is -8.06. The van der Waals surface area contributed by atoms with Gasteiger partial charge in [-0.25, -0.2) is 28.7 Å². The summed E-state index contributed by atoms with van der Waals surface area (Å²) in [6.45, 7) is 24.5. The fourth-order valence-electron chi connectivity index (χ4n) is 8.66. The van der Waals surface area contributed by atoms with Gasteiger partial charge in [0.1, 0.15) is 12.2 Å². The van der Waals surface area contributed by atoms with Crippen molar-refractivity contribution in [3.05, 3.63) is 37.5 Å². The van der Waals surface area contributed by atoms with E-state index in [0.29, 0.717) is 12.0 Å². The van der Waals surface area contributed by atoms with E-state index in [1.54, 1.807) is 27.7 Å². The van der Waals surface area contributed by atoms with Crippen LogP contribution in [0.15, 0.2) is 42.5 Å². The molecule has 2 bridgehead atoms. The number of fused-ring (bicyclic) bond motifs is 5. The quantitative estimate of drug-likeness (QED) is 0.135. The first kappa shape index (κ1) is 52.0. The number of amides is 4. The maximum Gasteiger partial charge on any atom is 0.419 e. The molecule has 0 aromatic rings. The Morgan fingerprint density at radius 2 is 1.69 bits per heavy atom. The second-order valence-electron chi connectivity index (χ2n) is 17.1. The highest BCUT2D eigenvalue weighted by molar-refractivity contribution is 6.03. The summed E-state index contributed by atoms with van der Waals surface area (Å²) >= 11 is 0. The number of hydrogen-bond donors (Lipinski definition) is 1. The number of aliphatic imine (C=N–C) groups is 1. The molecule has 3 saturated heterocycles. The van der Waals surface area contributed by atoms with Crippen molar-refractivity contribution in [1.29, 1.82) is 0 Å². The largest absolute Gasteiger partial charge is 0.456 e. The van der Waals surface area contributed by atoms with Crippen molar-refractivity contribution >= 4 is 41.5 Å². The van der Waals surface area contributed by atoms with Crippen molar-refractivity contribution in [2.24, 2.45) is 22.7 Å². The molecule has 0 spiro atoms. The number of ketones is 1. The average molecular weight is 879 g/mol. The summed E-state index contributed by atoms with van der Waals surface area (Å²) in [5.74, 6) is -7.11. The molecule has 62 heavy (non-hydrogen) atoms. The van der Waals surface area contributed by atoms with Gasteiger partial charge in [-0.2, -0.15) is 0 Å². The summed E-state index contributed by atoms with van der Waals surface area (Å²) < 4.78 is 60.7. The molecule has 0 saturated carbocycles. The molecule has 13 atom stereocenters. The van der Waals surface area contributed by atoms with Gasteiger partial charge in [0.15, 0.2) is 23.8 Å². The third-order valence-corrected chi connectivity index (χ3v) is 11.6. The molecule has 3 fully saturated rings. The maximum absolute atomic E-state index is 16.6. The Bertz CT molecular complexity index is 1720. The number of alkyl halides is 1. The van der Waals surface area contributed by atoms with Gasteiger partial charge in [0.05, 0.1) is 43.6 Å². The molecule has 348 valence electrons. The first-order chi connectivity index (χ1) is 29.0. The van der Waals surface area contributed by atoms with Crippen LogP contribution in [-0.4, -0.2) is 152 Å². The van der Waals surface area contributed by atoms with Gasteiger partial charge in [0, 0.05) is 37.9 Å². The summed E-state index contributed by atoms with van der Waals surface area (Å²) in [5, 5.41) is 2.52. The van der Waals surface area contributed by atoms with Crippen LogP contribution >= 0.6 is 0 Å². The van der Waals surface area contributed by atoms with E-state index in [0.717, 1.165) is 4.90 Å². The summed E-state index contributed by atoms with van der Waals surface area (Å²) in [7, 11) is 3.62. The number of rotatable bonds is 10. The van der Waals surface area contributed by atoms with Crippen LogP contribution in [0.2, 0.25) is 0 Å². The lowest BCUT2D eigenvalue weighted by Crippen LogP contribution is -2.62. The number of carbonyl (C=O) groups is 6. The van der Waals surface area contributed by atoms with E-state index in [4.69, 9.17) is 33.2 Å². The van der Waals surface area contributed by atoms with Crippen molar-refractivity contribution in [2.45, 2.75) is 142 Å². The predicted octanol–water partition coefficient (Wildman–Crippen LogP) is 4.91. The van der Waals surface area contributed by atoms with Crippen molar-refractivity contribution in [3.63, 3.8) is 0 Å². The lowest BCUT2D eigenvalue weighted by molar-refractivity contribution is -0.299. The van der Waals surface area contributed by atoms with E-state index >= 15 is 4.39 Å². The molecule has 3 heterocycles.